The Hall–Kier alpha value is -3.29. The van der Waals surface area contributed by atoms with Gasteiger partial charge in [-0.1, -0.05) is 23.7 Å². The first kappa shape index (κ1) is 22.4. The van der Waals surface area contributed by atoms with Crippen molar-refractivity contribution in [1.29, 1.82) is 0 Å². The highest BCUT2D eigenvalue weighted by Gasteiger charge is 2.16. The number of hydrogen-bond donors (Lipinski definition) is 3. The third-order valence-corrected chi connectivity index (χ3v) is 5.59. The van der Waals surface area contributed by atoms with E-state index in [0.717, 1.165) is 4.90 Å². The van der Waals surface area contributed by atoms with Gasteiger partial charge in [-0.05, 0) is 67.6 Å². The molecule has 0 heterocycles. The number of hydrogen-bond acceptors (Lipinski definition) is 4. The molecule has 158 valence electrons. The van der Waals surface area contributed by atoms with Gasteiger partial charge in [0.2, 0.25) is 5.91 Å². The molecule has 3 aromatic rings. The summed E-state index contributed by atoms with van der Waals surface area (Å²) < 4.78 is 0. The second kappa shape index (κ2) is 10.1. The largest absolute Gasteiger partial charge is 0.478 e. The van der Waals surface area contributed by atoms with E-state index in [1.165, 1.54) is 23.9 Å². The van der Waals surface area contributed by atoms with E-state index < -0.39 is 11.2 Å². The summed E-state index contributed by atoms with van der Waals surface area (Å²) in [6, 6.07) is 19.8. The molecule has 6 nitrogen and oxygen atoms in total. The molecule has 1 unspecified atom stereocenters. The van der Waals surface area contributed by atoms with Gasteiger partial charge in [0.05, 0.1) is 10.8 Å². The maximum absolute atomic E-state index is 12.5. The fourth-order valence-electron chi connectivity index (χ4n) is 2.68. The number of carboxylic acid groups (broad SMARTS) is 1. The smallest absolute Gasteiger partial charge is 0.335 e. The van der Waals surface area contributed by atoms with Crippen LogP contribution in [0.25, 0.3) is 0 Å². The molecular formula is C23H19ClN2O4S. The molecule has 0 aliphatic carbocycles. The highest BCUT2D eigenvalue weighted by Crippen LogP contribution is 2.27. The molecule has 31 heavy (non-hydrogen) atoms. The quantitative estimate of drug-likeness (QED) is 0.415. The second-order valence-electron chi connectivity index (χ2n) is 6.62. The van der Waals surface area contributed by atoms with Crippen LogP contribution in [0.5, 0.6) is 0 Å². The predicted octanol–water partition coefficient (Wildman–Crippen LogP) is 5.41. The highest BCUT2D eigenvalue weighted by molar-refractivity contribution is 8.00. The van der Waals surface area contributed by atoms with Gasteiger partial charge in [-0.2, -0.15) is 0 Å². The van der Waals surface area contributed by atoms with E-state index in [9.17, 15) is 14.4 Å². The molecule has 3 rings (SSSR count). The van der Waals surface area contributed by atoms with Crippen molar-refractivity contribution in [3.63, 3.8) is 0 Å². The number of aromatic carboxylic acids is 1. The Labute approximate surface area is 188 Å². The van der Waals surface area contributed by atoms with Crippen molar-refractivity contribution >= 4 is 52.5 Å². The predicted molar refractivity (Wildman–Crippen MR) is 123 cm³/mol. The summed E-state index contributed by atoms with van der Waals surface area (Å²) in [6.07, 6.45) is 0. The summed E-state index contributed by atoms with van der Waals surface area (Å²) in [5.41, 5.74) is 1.72. The molecule has 0 bridgehead atoms. The molecule has 3 N–H and O–H groups in total. The molecule has 0 radical (unpaired) electrons. The fraction of sp³-hybridized carbons (Fsp3) is 0.0870. The van der Waals surface area contributed by atoms with E-state index >= 15 is 0 Å². The number of amides is 2. The van der Waals surface area contributed by atoms with Crippen molar-refractivity contribution in [2.75, 3.05) is 10.6 Å². The van der Waals surface area contributed by atoms with Gasteiger partial charge in [0.1, 0.15) is 0 Å². The maximum atomic E-state index is 12.5. The standard InChI is InChI=1S/C23H19ClN2O4S/c1-14(21(27)25-18-10-8-15(9-11-18)23(29)30)31-20-7-3-6-19(13-20)26-22(28)16-4-2-5-17(24)12-16/h2-14H,1H3,(H,25,27)(H,26,28)(H,29,30). The van der Waals surface area contributed by atoms with E-state index in [1.807, 2.05) is 6.07 Å². The lowest BCUT2D eigenvalue weighted by Crippen LogP contribution is -2.22. The molecule has 0 spiro atoms. The van der Waals surface area contributed by atoms with Crippen LogP contribution in [0.2, 0.25) is 5.02 Å². The molecular weight excluding hydrogens is 436 g/mol. The maximum Gasteiger partial charge on any atom is 0.335 e. The van der Waals surface area contributed by atoms with Gasteiger partial charge in [-0.25, -0.2) is 4.79 Å². The molecule has 0 aliphatic heterocycles. The van der Waals surface area contributed by atoms with E-state index in [2.05, 4.69) is 10.6 Å². The van der Waals surface area contributed by atoms with E-state index in [-0.39, 0.29) is 17.4 Å². The van der Waals surface area contributed by atoms with Crippen molar-refractivity contribution < 1.29 is 19.5 Å². The van der Waals surface area contributed by atoms with Crippen LogP contribution in [0.1, 0.15) is 27.6 Å². The van der Waals surface area contributed by atoms with Gasteiger partial charge >= 0.3 is 5.97 Å². The molecule has 0 fully saturated rings. The van der Waals surface area contributed by atoms with Crippen LogP contribution in [0.3, 0.4) is 0 Å². The molecule has 0 aromatic heterocycles. The second-order valence-corrected chi connectivity index (χ2v) is 8.47. The van der Waals surface area contributed by atoms with Crippen LogP contribution >= 0.6 is 23.4 Å². The lowest BCUT2D eigenvalue weighted by atomic mass is 10.2. The zero-order valence-corrected chi connectivity index (χ0v) is 18.0. The minimum atomic E-state index is -1.02. The summed E-state index contributed by atoms with van der Waals surface area (Å²) in [4.78, 5) is 36.6. The lowest BCUT2D eigenvalue weighted by Gasteiger charge is -2.13. The lowest BCUT2D eigenvalue weighted by molar-refractivity contribution is -0.115. The van der Waals surface area contributed by atoms with Crippen LogP contribution < -0.4 is 10.6 Å². The van der Waals surface area contributed by atoms with Crippen molar-refractivity contribution in [1.82, 2.24) is 0 Å². The van der Waals surface area contributed by atoms with Gasteiger partial charge in [0.25, 0.3) is 5.91 Å². The Morgan fingerprint density at radius 2 is 1.58 bits per heavy atom. The van der Waals surface area contributed by atoms with Crippen molar-refractivity contribution in [2.45, 2.75) is 17.1 Å². The number of benzene rings is 3. The van der Waals surface area contributed by atoms with Crippen LogP contribution in [-0.2, 0) is 4.79 Å². The summed E-state index contributed by atoms with van der Waals surface area (Å²) in [6.45, 7) is 1.77. The average Bonchev–Trinajstić information content (AvgIpc) is 2.74. The molecule has 8 heteroatoms. The number of rotatable bonds is 7. The molecule has 0 saturated heterocycles. The van der Waals surface area contributed by atoms with Gasteiger partial charge in [-0.15, -0.1) is 11.8 Å². The summed E-state index contributed by atoms with van der Waals surface area (Å²) in [5.74, 6) is -1.52. The first-order valence-corrected chi connectivity index (χ1v) is 10.6. The van der Waals surface area contributed by atoms with E-state index in [0.29, 0.717) is 22.0 Å². The zero-order valence-electron chi connectivity index (χ0n) is 16.5. The van der Waals surface area contributed by atoms with Crippen LogP contribution in [0, 0.1) is 0 Å². The number of thioether (sulfide) groups is 1. The van der Waals surface area contributed by atoms with Gasteiger partial charge in [0, 0.05) is 26.9 Å². The highest BCUT2D eigenvalue weighted by atomic mass is 35.5. The Bertz CT molecular complexity index is 1120. The number of carboxylic acids is 1. The summed E-state index contributed by atoms with van der Waals surface area (Å²) in [5, 5.41) is 14.6. The Kier molecular flexibility index (Phi) is 7.33. The number of carbonyl (C=O) groups is 3. The Balaban J connectivity index is 1.61. The number of carbonyl (C=O) groups excluding carboxylic acids is 2. The number of nitrogens with one attached hydrogen (secondary N) is 2. The Morgan fingerprint density at radius 1 is 0.871 bits per heavy atom. The molecule has 0 aliphatic rings. The van der Waals surface area contributed by atoms with E-state index in [4.69, 9.17) is 16.7 Å². The van der Waals surface area contributed by atoms with Gasteiger partial charge < -0.3 is 15.7 Å². The van der Waals surface area contributed by atoms with Crippen molar-refractivity contribution in [2.24, 2.45) is 0 Å². The Morgan fingerprint density at radius 3 is 2.26 bits per heavy atom. The van der Waals surface area contributed by atoms with E-state index in [1.54, 1.807) is 61.5 Å². The topological polar surface area (TPSA) is 95.5 Å². The number of halogens is 1. The third-order valence-electron chi connectivity index (χ3n) is 4.26. The van der Waals surface area contributed by atoms with Crippen molar-refractivity contribution in [3.8, 4) is 0 Å². The number of anilines is 2. The average molecular weight is 455 g/mol. The normalized spacial score (nSPS) is 11.4. The van der Waals surface area contributed by atoms with Gasteiger partial charge in [-0.3, -0.25) is 9.59 Å². The minimum absolute atomic E-state index is 0.150. The van der Waals surface area contributed by atoms with Crippen LogP contribution in [-0.4, -0.2) is 28.1 Å². The first-order valence-electron chi connectivity index (χ1n) is 9.29. The van der Waals surface area contributed by atoms with Crippen LogP contribution in [0.15, 0.2) is 77.7 Å². The summed E-state index contributed by atoms with van der Waals surface area (Å²) in [7, 11) is 0. The third kappa shape index (κ3) is 6.34. The SMILES string of the molecule is CC(Sc1cccc(NC(=O)c2cccc(Cl)c2)c1)C(=O)Nc1ccc(C(=O)O)cc1. The minimum Gasteiger partial charge on any atom is -0.478 e. The van der Waals surface area contributed by atoms with Crippen LogP contribution in [0.4, 0.5) is 11.4 Å². The zero-order chi connectivity index (χ0) is 22.4. The molecule has 0 saturated carbocycles. The molecule has 2 amide bonds. The summed E-state index contributed by atoms with van der Waals surface area (Å²) >= 11 is 7.28. The van der Waals surface area contributed by atoms with Gasteiger partial charge in [0.15, 0.2) is 0 Å². The van der Waals surface area contributed by atoms with Crippen molar-refractivity contribution in [3.05, 3.63) is 88.9 Å². The fourth-order valence-corrected chi connectivity index (χ4v) is 3.79. The molecule has 3 aromatic carbocycles. The molecule has 1 atom stereocenters. The first-order chi connectivity index (χ1) is 14.8. The monoisotopic (exact) mass is 454 g/mol.